The van der Waals surface area contributed by atoms with Gasteiger partial charge in [-0.15, -0.1) is 0 Å². The van der Waals surface area contributed by atoms with E-state index in [9.17, 15) is 17.6 Å². The Bertz CT molecular complexity index is 886. The first-order valence-corrected chi connectivity index (χ1v) is 9.40. The van der Waals surface area contributed by atoms with Gasteiger partial charge in [0.05, 0.1) is 12.0 Å². The maximum Gasteiger partial charge on any atom is 0.264 e. The Morgan fingerprint density at radius 3 is 2.46 bits per heavy atom. The number of carbonyl (C=O) groups is 1. The molecule has 0 fully saturated rings. The van der Waals surface area contributed by atoms with Crippen LogP contribution < -0.4 is 0 Å². The molecule has 1 amide bonds. The van der Waals surface area contributed by atoms with Crippen LogP contribution in [0, 0.1) is 5.82 Å². The van der Waals surface area contributed by atoms with Crippen molar-refractivity contribution in [2.75, 3.05) is 20.7 Å². The molecule has 0 saturated heterocycles. The third-order valence-corrected chi connectivity index (χ3v) is 5.58. The van der Waals surface area contributed by atoms with Crippen LogP contribution in [0.25, 0.3) is 0 Å². The van der Waals surface area contributed by atoms with E-state index in [2.05, 4.69) is 0 Å². The average Bonchev–Trinajstić information content (AvgIpc) is 2.65. The maximum absolute atomic E-state index is 13.4. The SMILES string of the molecule is CCN(Cc1cccc(F)c1)C(=O)c1cccc(S(=O)(=O)N(C)OC)c1. The Hall–Kier alpha value is -2.29. The van der Waals surface area contributed by atoms with E-state index >= 15 is 0 Å². The summed E-state index contributed by atoms with van der Waals surface area (Å²) in [5.41, 5.74) is 0.886. The Balaban J connectivity index is 2.29. The molecule has 0 spiro atoms. The van der Waals surface area contributed by atoms with E-state index in [0.29, 0.717) is 12.1 Å². The van der Waals surface area contributed by atoms with Gasteiger partial charge in [-0.05, 0) is 42.8 Å². The number of hydroxylamine groups is 1. The van der Waals surface area contributed by atoms with E-state index in [1.54, 1.807) is 25.1 Å². The Morgan fingerprint density at radius 2 is 1.85 bits per heavy atom. The summed E-state index contributed by atoms with van der Waals surface area (Å²) in [6, 6.07) is 11.8. The number of hydrogen-bond donors (Lipinski definition) is 0. The summed E-state index contributed by atoms with van der Waals surface area (Å²) in [5, 5.41) is 0. The summed E-state index contributed by atoms with van der Waals surface area (Å²) in [6.45, 7) is 2.42. The van der Waals surface area contributed by atoms with Gasteiger partial charge >= 0.3 is 0 Å². The number of sulfonamides is 1. The van der Waals surface area contributed by atoms with Crippen LogP contribution in [0.1, 0.15) is 22.8 Å². The van der Waals surface area contributed by atoms with Crippen molar-refractivity contribution in [1.82, 2.24) is 9.37 Å². The summed E-state index contributed by atoms with van der Waals surface area (Å²) < 4.78 is 38.8. The Kier molecular flexibility index (Phi) is 6.47. The second-order valence-corrected chi connectivity index (χ2v) is 7.51. The molecule has 140 valence electrons. The van der Waals surface area contributed by atoms with Gasteiger partial charge in [0.15, 0.2) is 0 Å². The van der Waals surface area contributed by atoms with Crippen LogP contribution in [0.15, 0.2) is 53.4 Å². The molecule has 0 aliphatic heterocycles. The predicted octanol–water partition coefficient (Wildman–Crippen LogP) is 2.67. The van der Waals surface area contributed by atoms with E-state index in [-0.39, 0.29) is 28.7 Å². The van der Waals surface area contributed by atoms with Crippen LogP contribution in [-0.4, -0.2) is 44.4 Å². The van der Waals surface area contributed by atoms with Crippen LogP contribution in [0.2, 0.25) is 0 Å². The molecule has 0 bridgehead atoms. The fraction of sp³-hybridized carbons (Fsp3) is 0.278. The Morgan fingerprint density at radius 1 is 1.15 bits per heavy atom. The number of halogens is 1. The van der Waals surface area contributed by atoms with Crippen molar-refractivity contribution in [3.63, 3.8) is 0 Å². The second kappa shape index (κ2) is 8.39. The molecular formula is C18H21FN2O4S. The van der Waals surface area contributed by atoms with E-state index < -0.39 is 10.0 Å². The molecule has 0 atom stereocenters. The van der Waals surface area contributed by atoms with E-state index in [1.807, 2.05) is 0 Å². The quantitative estimate of drug-likeness (QED) is 0.693. The fourth-order valence-corrected chi connectivity index (χ4v) is 3.42. The van der Waals surface area contributed by atoms with E-state index in [0.717, 1.165) is 4.47 Å². The number of nitrogens with zero attached hydrogens (tertiary/aromatic N) is 2. The van der Waals surface area contributed by atoms with Crippen LogP contribution in [0.4, 0.5) is 4.39 Å². The van der Waals surface area contributed by atoms with Crippen molar-refractivity contribution in [3.8, 4) is 0 Å². The second-order valence-electron chi connectivity index (χ2n) is 5.57. The molecule has 8 heteroatoms. The average molecular weight is 380 g/mol. The van der Waals surface area contributed by atoms with Crippen molar-refractivity contribution in [2.24, 2.45) is 0 Å². The smallest absolute Gasteiger partial charge is 0.264 e. The summed E-state index contributed by atoms with van der Waals surface area (Å²) in [7, 11) is -1.34. The minimum absolute atomic E-state index is 0.0468. The molecule has 0 unspecified atom stereocenters. The summed E-state index contributed by atoms with van der Waals surface area (Å²) in [5.74, 6) is -0.712. The van der Waals surface area contributed by atoms with Gasteiger partial charge in [0, 0.05) is 25.7 Å². The first-order valence-electron chi connectivity index (χ1n) is 7.96. The zero-order chi connectivity index (χ0) is 19.3. The molecular weight excluding hydrogens is 359 g/mol. The van der Waals surface area contributed by atoms with Crippen molar-refractivity contribution in [1.29, 1.82) is 0 Å². The largest absolute Gasteiger partial charge is 0.335 e. The molecule has 0 aliphatic rings. The van der Waals surface area contributed by atoms with Gasteiger partial charge in [0.25, 0.3) is 15.9 Å². The maximum atomic E-state index is 13.4. The fourth-order valence-electron chi connectivity index (χ4n) is 2.40. The number of amides is 1. The van der Waals surface area contributed by atoms with Crippen LogP contribution in [0.3, 0.4) is 0 Å². The van der Waals surface area contributed by atoms with E-state index in [1.165, 1.54) is 49.4 Å². The zero-order valence-corrected chi connectivity index (χ0v) is 15.7. The molecule has 0 saturated carbocycles. The van der Waals surface area contributed by atoms with Gasteiger partial charge in [-0.2, -0.15) is 0 Å². The van der Waals surface area contributed by atoms with Crippen LogP contribution in [-0.2, 0) is 21.4 Å². The Labute approximate surface area is 152 Å². The highest BCUT2D eigenvalue weighted by Gasteiger charge is 2.23. The highest BCUT2D eigenvalue weighted by molar-refractivity contribution is 7.89. The number of benzene rings is 2. The molecule has 0 aromatic heterocycles. The lowest BCUT2D eigenvalue weighted by molar-refractivity contribution is -0.0258. The number of carbonyl (C=O) groups excluding carboxylic acids is 1. The molecule has 0 heterocycles. The number of hydrogen-bond acceptors (Lipinski definition) is 4. The van der Waals surface area contributed by atoms with Crippen molar-refractivity contribution < 1.29 is 22.4 Å². The van der Waals surface area contributed by atoms with Gasteiger partial charge in [-0.25, -0.2) is 12.8 Å². The van der Waals surface area contributed by atoms with Gasteiger partial charge in [0.1, 0.15) is 5.82 Å². The summed E-state index contributed by atoms with van der Waals surface area (Å²) >= 11 is 0. The third kappa shape index (κ3) is 4.46. The minimum Gasteiger partial charge on any atom is -0.335 e. The standard InChI is InChI=1S/C18H21FN2O4S/c1-4-21(13-14-7-5-9-16(19)11-14)18(22)15-8-6-10-17(12-15)26(23,24)20(2)25-3/h5-12H,4,13H2,1-3H3. The number of rotatable bonds is 7. The first-order chi connectivity index (χ1) is 12.3. The first kappa shape index (κ1) is 20.0. The molecule has 2 aromatic carbocycles. The van der Waals surface area contributed by atoms with Gasteiger partial charge in [-0.3, -0.25) is 9.63 Å². The molecule has 0 N–H and O–H groups in total. The highest BCUT2D eigenvalue weighted by Crippen LogP contribution is 2.18. The molecule has 0 aliphatic carbocycles. The van der Waals surface area contributed by atoms with Crippen molar-refractivity contribution in [3.05, 3.63) is 65.5 Å². The zero-order valence-electron chi connectivity index (χ0n) is 14.8. The topological polar surface area (TPSA) is 66.9 Å². The van der Waals surface area contributed by atoms with Crippen LogP contribution in [0.5, 0.6) is 0 Å². The summed E-state index contributed by atoms with van der Waals surface area (Å²) in [4.78, 5) is 19.0. The van der Waals surface area contributed by atoms with Gasteiger partial charge < -0.3 is 4.90 Å². The molecule has 2 aromatic rings. The normalized spacial score (nSPS) is 11.6. The lowest BCUT2D eigenvalue weighted by atomic mass is 10.1. The summed E-state index contributed by atoms with van der Waals surface area (Å²) in [6.07, 6.45) is 0. The molecule has 2 rings (SSSR count). The van der Waals surface area contributed by atoms with Crippen molar-refractivity contribution >= 4 is 15.9 Å². The predicted molar refractivity (Wildman–Crippen MR) is 95.2 cm³/mol. The molecule has 0 radical (unpaired) electrons. The lowest BCUT2D eigenvalue weighted by Gasteiger charge is -2.22. The van der Waals surface area contributed by atoms with Gasteiger partial charge in [-0.1, -0.05) is 22.7 Å². The van der Waals surface area contributed by atoms with E-state index in [4.69, 9.17) is 4.84 Å². The van der Waals surface area contributed by atoms with Crippen LogP contribution >= 0.6 is 0 Å². The molecule has 6 nitrogen and oxygen atoms in total. The lowest BCUT2D eigenvalue weighted by Crippen LogP contribution is -2.31. The van der Waals surface area contributed by atoms with Crippen molar-refractivity contribution in [2.45, 2.75) is 18.4 Å². The molecule has 26 heavy (non-hydrogen) atoms. The minimum atomic E-state index is -3.85. The monoisotopic (exact) mass is 380 g/mol. The third-order valence-electron chi connectivity index (χ3n) is 3.91. The highest BCUT2D eigenvalue weighted by atomic mass is 32.2. The van der Waals surface area contributed by atoms with Gasteiger partial charge in [0.2, 0.25) is 0 Å².